The normalized spacial score (nSPS) is 8.67. The average Bonchev–Trinajstić information content (AvgIpc) is 2.49. The van der Waals surface area contributed by atoms with Crippen LogP contribution in [0.4, 0.5) is 0 Å². The van der Waals surface area contributed by atoms with Gasteiger partial charge in [-0.25, -0.2) is 4.98 Å². The molecule has 0 aliphatic heterocycles. The van der Waals surface area contributed by atoms with Crippen molar-refractivity contribution < 1.29 is 5.48 Å². The molecule has 0 amide bonds. The highest BCUT2D eigenvalue weighted by atomic mass is 35.5. The molecule has 2 aromatic rings. The van der Waals surface area contributed by atoms with Gasteiger partial charge in [0.1, 0.15) is 5.65 Å². The van der Waals surface area contributed by atoms with Crippen LogP contribution in [0.15, 0.2) is 24.4 Å². The summed E-state index contributed by atoms with van der Waals surface area (Å²) in [6.07, 6.45) is 1.98. The van der Waals surface area contributed by atoms with Crippen molar-refractivity contribution in [3.05, 3.63) is 35.8 Å². The molecule has 2 aromatic heterocycles. The molecule has 0 aromatic carbocycles. The summed E-state index contributed by atoms with van der Waals surface area (Å²) in [5, 5.41) is 0. The topological polar surface area (TPSA) is 74.8 Å². The maximum absolute atomic E-state index is 5.49. The van der Waals surface area contributed by atoms with Gasteiger partial charge in [0.15, 0.2) is 0 Å². The third-order valence-electron chi connectivity index (χ3n) is 1.95. The van der Waals surface area contributed by atoms with Crippen molar-refractivity contribution in [3.63, 3.8) is 0 Å². The van der Waals surface area contributed by atoms with Gasteiger partial charge in [0.25, 0.3) is 0 Å². The van der Waals surface area contributed by atoms with Gasteiger partial charge in [-0.3, -0.25) is 0 Å². The molecule has 2 heterocycles. The molecule has 0 spiro atoms. The number of hydrogen-bond donors (Lipinski definition) is 1. The van der Waals surface area contributed by atoms with Crippen molar-refractivity contribution in [2.45, 2.75) is 13.5 Å². The molecule has 4 N–H and O–H groups in total. The fourth-order valence-electron chi connectivity index (χ4n) is 1.30. The van der Waals surface area contributed by atoms with Crippen molar-refractivity contribution >= 4 is 30.5 Å². The van der Waals surface area contributed by atoms with Gasteiger partial charge >= 0.3 is 0 Å². The summed E-state index contributed by atoms with van der Waals surface area (Å²) in [7, 11) is 0. The van der Waals surface area contributed by atoms with E-state index in [1.54, 1.807) is 0 Å². The molecular formula is C9H15Cl2N3O. The minimum Gasteiger partial charge on any atom is -0.412 e. The van der Waals surface area contributed by atoms with Crippen LogP contribution < -0.4 is 5.73 Å². The molecule has 86 valence electrons. The van der Waals surface area contributed by atoms with Crippen LogP contribution in [0.1, 0.15) is 11.4 Å². The molecule has 0 aliphatic rings. The fourth-order valence-corrected chi connectivity index (χ4v) is 1.30. The minimum absolute atomic E-state index is 0. The van der Waals surface area contributed by atoms with E-state index in [4.69, 9.17) is 5.73 Å². The molecule has 0 aliphatic carbocycles. The highest BCUT2D eigenvalue weighted by Crippen LogP contribution is 2.07. The van der Waals surface area contributed by atoms with Gasteiger partial charge in [-0.2, -0.15) is 0 Å². The predicted molar refractivity (Wildman–Crippen MR) is 65.9 cm³/mol. The second-order valence-electron chi connectivity index (χ2n) is 2.83. The Bertz CT molecular complexity index is 417. The molecule has 4 nitrogen and oxygen atoms in total. The van der Waals surface area contributed by atoms with Crippen molar-refractivity contribution in [1.29, 1.82) is 0 Å². The molecule has 0 radical (unpaired) electrons. The number of pyridine rings is 1. The van der Waals surface area contributed by atoms with Crippen LogP contribution in [0.2, 0.25) is 0 Å². The van der Waals surface area contributed by atoms with Crippen LogP contribution >= 0.6 is 24.8 Å². The molecule has 15 heavy (non-hydrogen) atoms. The van der Waals surface area contributed by atoms with Gasteiger partial charge < -0.3 is 15.6 Å². The lowest BCUT2D eigenvalue weighted by molar-refractivity contribution is 0.824. The number of hydrogen-bond acceptors (Lipinski definition) is 2. The standard InChI is InChI=1S/C9H11N3.2ClH.H2O/c1-7-3-2-4-9-11-8(5-10)6-12(7)9;;;/h2-4,6H,5,10H2,1H3;2*1H;1H2. The molecule has 2 rings (SSSR count). The monoisotopic (exact) mass is 251 g/mol. The van der Waals surface area contributed by atoms with E-state index in [0.29, 0.717) is 6.54 Å². The van der Waals surface area contributed by atoms with E-state index in [-0.39, 0.29) is 30.3 Å². The lowest BCUT2D eigenvalue weighted by Gasteiger charge is -1.95. The van der Waals surface area contributed by atoms with Gasteiger partial charge in [0, 0.05) is 18.4 Å². The van der Waals surface area contributed by atoms with Gasteiger partial charge in [0.2, 0.25) is 0 Å². The van der Waals surface area contributed by atoms with Crippen LogP contribution in [-0.4, -0.2) is 14.9 Å². The minimum atomic E-state index is 0. The molecule has 6 heteroatoms. The molecule has 0 atom stereocenters. The molecular weight excluding hydrogens is 237 g/mol. The van der Waals surface area contributed by atoms with Crippen LogP contribution in [0.25, 0.3) is 5.65 Å². The second-order valence-corrected chi connectivity index (χ2v) is 2.83. The number of rotatable bonds is 1. The first-order chi connectivity index (χ1) is 5.81. The van der Waals surface area contributed by atoms with Gasteiger partial charge in [-0.1, -0.05) is 6.07 Å². The first-order valence-electron chi connectivity index (χ1n) is 3.95. The summed E-state index contributed by atoms with van der Waals surface area (Å²) in [5.74, 6) is 0. The number of nitrogens with two attached hydrogens (primary N) is 1. The van der Waals surface area contributed by atoms with Crippen molar-refractivity contribution in [2.24, 2.45) is 5.73 Å². The first-order valence-corrected chi connectivity index (χ1v) is 3.95. The Morgan fingerprint density at radius 2 is 2.00 bits per heavy atom. The second kappa shape index (κ2) is 6.63. The van der Waals surface area contributed by atoms with E-state index in [2.05, 4.69) is 18.0 Å². The van der Waals surface area contributed by atoms with Gasteiger partial charge in [-0.05, 0) is 19.1 Å². The molecule has 0 saturated carbocycles. The van der Waals surface area contributed by atoms with Crippen molar-refractivity contribution in [2.75, 3.05) is 0 Å². The molecule has 0 bridgehead atoms. The Morgan fingerprint density at radius 1 is 1.33 bits per heavy atom. The van der Waals surface area contributed by atoms with Crippen LogP contribution in [0, 0.1) is 6.92 Å². The van der Waals surface area contributed by atoms with E-state index in [1.165, 1.54) is 5.69 Å². The van der Waals surface area contributed by atoms with E-state index in [1.807, 2.05) is 22.7 Å². The quantitative estimate of drug-likeness (QED) is 0.825. The summed E-state index contributed by atoms with van der Waals surface area (Å²) in [5.41, 5.74) is 8.57. The van der Waals surface area contributed by atoms with Crippen LogP contribution in [-0.2, 0) is 6.54 Å². The Morgan fingerprint density at radius 3 is 2.53 bits per heavy atom. The maximum Gasteiger partial charge on any atom is 0.137 e. The average molecular weight is 252 g/mol. The number of nitrogens with zero attached hydrogens (tertiary/aromatic N) is 2. The van der Waals surface area contributed by atoms with E-state index in [9.17, 15) is 0 Å². The maximum atomic E-state index is 5.49. The predicted octanol–water partition coefficient (Wildman–Crippen LogP) is 1.12. The third-order valence-corrected chi connectivity index (χ3v) is 1.95. The number of imidazole rings is 1. The van der Waals surface area contributed by atoms with Crippen molar-refractivity contribution in [1.82, 2.24) is 9.38 Å². The fraction of sp³-hybridized carbons (Fsp3) is 0.222. The highest BCUT2D eigenvalue weighted by molar-refractivity contribution is 5.85. The summed E-state index contributed by atoms with van der Waals surface area (Å²) in [6.45, 7) is 2.55. The summed E-state index contributed by atoms with van der Waals surface area (Å²) < 4.78 is 2.04. The van der Waals surface area contributed by atoms with E-state index >= 15 is 0 Å². The lowest BCUT2D eigenvalue weighted by atomic mass is 10.4. The molecule has 0 fully saturated rings. The number of aromatic nitrogens is 2. The van der Waals surface area contributed by atoms with Crippen molar-refractivity contribution in [3.8, 4) is 0 Å². The largest absolute Gasteiger partial charge is 0.412 e. The van der Waals surface area contributed by atoms with Gasteiger partial charge in [-0.15, -0.1) is 24.8 Å². The number of aryl methyl sites for hydroxylation is 1. The molecule has 0 saturated heterocycles. The lowest BCUT2D eigenvalue weighted by Crippen LogP contribution is -1.95. The number of halogens is 2. The summed E-state index contributed by atoms with van der Waals surface area (Å²) >= 11 is 0. The smallest absolute Gasteiger partial charge is 0.137 e. The Labute approximate surface area is 101 Å². The van der Waals surface area contributed by atoms with Crippen LogP contribution in [0.3, 0.4) is 0 Å². The first kappa shape index (κ1) is 16.6. The Kier molecular flexibility index (Phi) is 7.35. The number of fused-ring (bicyclic) bond motifs is 1. The SMILES string of the molecule is Cc1cccc2nc(CN)cn12.Cl.Cl.O. The molecule has 0 unspecified atom stereocenters. The van der Waals surface area contributed by atoms with E-state index < -0.39 is 0 Å². The Balaban J connectivity index is 0. The highest BCUT2D eigenvalue weighted by Gasteiger charge is 1.99. The zero-order valence-electron chi connectivity index (χ0n) is 8.30. The Hall–Kier alpha value is -0.810. The van der Waals surface area contributed by atoms with Crippen LogP contribution in [0.5, 0.6) is 0 Å². The zero-order valence-corrected chi connectivity index (χ0v) is 9.94. The van der Waals surface area contributed by atoms with E-state index in [0.717, 1.165) is 11.3 Å². The van der Waals surface area contributed by atoms with Gasteiger partial charge in [0.05, 0.1) is 5.69 Å². The summed E-state index contributed by atoms with van der Waals surface area (Å²) in [6, 6.07) is 6.03. The zero-order chi connectivity index (χ0) is 8.55. The summed E-state index contributed by atoms with van der Waals surface area (Å²) in [4.78, 5) is 4.33. The third kappa shape index (κ3) is 3.07.